The molecule has 0 unspecified atom stereocenters. The Hall–Kier alpha value is -0.890. The van der Waals surface area contributed by atoms with Crippen molar-refractivity contribution in [1.29, 1.82) is 0 Å². The summed E-state index contributed by atoms with van der Waals surface area (Å²) in [7, 11) is 2.01. The van der Waals surface area contributed by atoms with Gasteiger partial charge < -0.3 is 5.32 Å². The minimum absolute atomic E-state index is 1.13. The van der Waals surface area contributed by atoms with Crippen LogP contribution in [0.2, 0.25) is 0 Å². The lowest BCUT2D eigenvalue weighted by Gasteiger charge is -2.01. The van der Waals surface area contributed by atoms with Crippen LogP contribution in [-0.2, 0) is 6.42 Å². The highest BCUT2D eigenvalue weighted by molar-refractivity contribution is 5.03. The average Bonchev–Trinajstić information content (AvgIpc) is 2.29. The van der Waals surface area contributed by atoms with E-state index in [1.54, 1.807) is 0 Å². The molecule has 1 rings (SSSR count). The van der Waals surface area contributed by atoms with Gasteiger partial charge in [-0.15, -0.1) is 0 Å². The third-order valence-electron chi connectivity index (χ3n) is 2.59. The molecule has 84 valence electrons. The van der Waals surface area contributed by atoms with Crippen molar-refractivity contribution in [3.05, 3.63) is 30.1 Å². The number of nitrogens with one attached hydrogen (secondary N) is 1. The zero-order valence-corrected chi connectivity index (χ0v) is 9.71. The molecule has 2 nitrogen and oxygen atoms in total. The van der Waals surface area contributed by atoms with Gasteiger partial charge in [-0.3, -0.25) is 4.98 Å². The highest BCUT2D eigenvalue weighted by Crippen LogP contribution is 2.06. The Morgan fingerprint density at radius 3 is 2.60 bits per heavy atom. The van der Waals surface area contributed by atoms with Crippen LogP contribution in [0.5, 0.6) is 0 Å². The van der Waals surface area contributed by atoms with Crippen molar-refractivity contribution < 1.29 is 0 Å². The first-order chi connectivity index (χ1) is 7.43. The van der Waals surface area contributed by atoms with Gasteiger partial charge in [-0.25, -0.2) is 0 Å². The summed E-state index contributed by atoms with van der Waals surface area (Å²) in [4.78, 5) is 4.32. The van der Waals surface area contributed by atoms with Crippen LogP contribution in [0.1, 0.15) is 37.8 Å². The highest BCUT2D eigenvalue weighted by Gasteiger charge is 1.93. The van der Waals surface area contributed by atoms with E-state index in [0.717, 1.165) is 13.0 Å². The molecule has 2 heteroatoms. The van der Waals surface area contributed by atoms with E-state index in [1.807, 2.05) is 19.3 Å². The minimum Gasteiger partial charge on any atom is -0.320 e. The van der Waals surface area contributed by atoms with Gasteiger partial charge in [0.2, 0.25) is 0 Å². The predicted molar refractivity (Wildman–Crippen MR) is 65.0 cm³/mol. The largest absolute Gasteiger partial charge is 0.320 e. The van der Waals surface area contributed by atoms with Crippen LogP contribution in [0.4, 0.5) is 0 Å². The Morgan fingerprint density at radius 1 is 1.07 bits per heavy atom. The number of pyridine rings is 1. The second-order valence-corrected chi connectivity index (χ2v) is 3.94. The molecule has 1 N–H and O–H groups in total. The van der Waals surface area contributed by atoms with E-state index in [9.17, 15) is 0 Å². The smallest absolute Gasteiger partial charge is 0.0403 e. The molecule has 0 radical (unpaired) electrons. The maximum Gasteiger partial charge on any atom is 0.0403 e. The fraction of sp³-hybridized carbons (Fsp3) is 0.615. The second kappa shape index (κ2) is 8.42. The molecule has 0 atom stereocenters. The lowest BCUT2D eigenvalue weighted by Crippen LogP contribution is -2.06. The van der Waals surface area contributed by atoms with Crippen molar-refractivity contribution in [2.75, 3.05) is 13.6 Å². The van der Waals surface area contributed by atoms with E-state index < -0.39 is 0 Å². The Bertz CT molecular complexity index is 234. The van der Waals surface area contributed by atoms with Gasteiger partial charge in [0, 0.05) is 11.9 Å². The average molecular weight is 206 g/mol. The first kappa shape index (κ1) is 12.2. The monoisotopic (exact) mass is 206 g/mol. The predicted octanol–water partition coefficient (Wildman–Crippen LogP) is 2.79. The molecular formula is C13H22N2. The van der Waals surface area contributed by atoms with Crippen LogP contribution >= 0.6 is 0 Å². The van der Waals surface area contributed by atoms with Crippen molar-refractivity contribution >= 4 is 0 Å². The Balaban J connectivity index is 1.93. The van der Waals surface area contributed by atoms with Gasteiger partial charge in [0.1, 0.15) is 0 Å². The Morgan fingerprint density at radius 2 is 1.87 bits per heavy atom. The lowest BCUT2D eigenvalue weighted by atomic mass is 10.1. The van der Waals surface area contributed by atoms with Gasteiger partial charge in [0.25, 0.3) is 0 Å². The second-order valence-electron chi connectivity index (χ2n) is 3.94. The third kappa shape index (κ3) is 6.24. The molecule has 1 heterocycles. The maximum atomic E-state index is 4.32. The minimum atomic E-state index is 1.13. The van der Waals surface area contributed by atoms with Crippen molar-refractivity contribution in [2.45, 2.75) is 38.5 Å². The maximum absolute atomic E-state index is 4.32. The summed E-state index contributed by atoms with van der Waals surface area (Å²) in [5.41, 5.74) is 1.23. The summed E-state index contributed by atoms with van der Waals surface area (Å²) < 4.78 is 0. The van der Waals surface area contributed by atoms with Gasteiger partial charge in [-0.1, -0.05) is 25.3 Å². The first-order valence-corrected chi connectivity index (χ1v) is 5.98. The zero-order chi connectivity index (χ0) is 10.8. The summed E-state index contributed by atoms with van der Waals surface area (Å²) in [5, 5.41) is 3.17. The molecule has 0 amide bonds. The first-order valence-electron chi connectivity index (χ1n) is 5.98. The van der Waals surface area contributed by atoms with Crippen molar-refractivity contribution in [1.82, 2.24) is 10.3 Å². The molecule has 0 aliphatic heterocycles. The summed E-state index contributed by atoms with van der Waals surface area (Å²) in [5.74, 6) is 0. The summed E-state index contributed by atoms with van der Waals surface area (Å²) in [6.07, 6.45) is 9.63. The molecule has 0 saturated carbocycles. The van der Waals surface area contributed by atoms with Crippen molar-refractivity contribution in [3.8, 4) is 0 Å². The summed E-state index contributed by atoms with van der Waals surface area (Å²) >= 11 is 0. The summed E-state index contributed by atoms with van der Waals surface area (Å²) in [6, 6.07) is 6.15. The van der Waals surface area contributed by atoms with Gasteiger partial charge >= 0.3 is 0 Å². The third-order valence-corrected chi connectivity index (χ3v) is 2.59. The quantitative estimate of drug-likeness (QED) is 0.662. The molecule has 0 bridgehead atoms. The molecule has 0 aliphatic rings. The molecule has 1 aromatic rings. The van der Waals surface area contributed by atoms with Crippen LogP contribution < -0.4 is 5.32 Å². The highest BCUT2D eigenvalue weighted by atomic mass is 14.8. The molecule has 0 fully saturated rings. The molecule has 0 saturated heterocycles. The topological polar surface area (TPSA) is 24.9 Å². The number of aromatic nitrogens is 1. The van der Waals surface area contributed by atoms with Gasteiger partial charge in [-0.05, 0) is 45.0 Å². The van der Waals surface area contributed by atoms with E-state index in [1.165, 1.54) is 37.8 Å². The van der Waals surface area contributed by atoms with E-state index in [0.29, 0.717) is 0 Å². The lowest BCUT2D eigenvalue weighted by molar-refractivity contribution is 0.595. The standard InChI is InChI=1S/C13H22N2/c1-14-11-7-4-2-3-5-9-13-10-6-8-12-15-13/h6,8,10,12,14H,2-5,7,9,11H2,1H3. The molecular weight excluding hydrogens is 184 g/mol. The normalized spacial score (nSPS) is 10.5. The Labute approximate surface area is 93.1 Å². The van der Waals surface area contributed by atoms with E-state index >= 15 is 0 Å². The van der Waals surface area contributed by atoms with Crippen LogP contribution in [0.25, 0.3) is 0 Å². The number of hydrogen-bond donors (Lipinski definition) is 1. The van der Waals surface area contributed by atoms with Crippen molar-refractivity contribution in [3.63, 3.8) is 0 Å². The van der Waals surface area contributed by atoms with E-state index in [-0.39, 0.29) is 0 Å². The summed E-state index contributed by atoms with van der Waals surface area (Å²) in [6.45, 7) is 1.15. The van der Waals surface area contributed by atoms with Crippen LogP contribution in [0.3, 0.4) is 0 Å². The SMILES string of the molecule is CNCCCCCCCc1ccccn1. The molecule has 15 heavy (non-hydrogen) atoms. The number of aryl methyl sites for hydroxylation is 1. The number of rotatable bonds is 8. The molecule has 1 aromatic heterocycles. The molecule has 0 aromatic carbocycles. The van der Waals surface area contributed by atoms with Gasteiger partial charge in [0.15, 0.2) is 0 Å². The van der Waals surface area contributed by atoms with Crippen LogP contribution in [0.15, 0.2) is 24.4 Å². The van der Waals surface area contributed by atoms with E-state index in [2.05, 4.69) is 22.4 Å². The van der Waals surface area contributed by atoms with Crippen molar-refractivity contribution in [2.24, 2.45) is 0 Å². The fourth-order valence-corrected chi connectivity index (χ4v) is 1.68. The molecule has 0 aliphatic carbocycles. The number of nitrogens with zero attached hydrogens (tertiary/aromatic N) is 1. The van der Waals surface area contributed by atoms with Crippen LogP contribution in [-0.4, -0.2) is 18.6 Å². The van der Waals surface area contributed by atoms with E-state index in [4.69, 9.17) is 0 Å². The van der Waals surface area contributed by atoms with Crippen LogP contribution in [0, 0.1) is 0 Å². The van der Waals surface area contributed by atoms with Gasteiger partial charge in [0.05, 0.1) is 0 Å². The number of unbranched alkanes of at least 4 members (excludes halogenated alkanes) is 4. The number of hydrogen-bond acceptors (Lipinski definition) is 2. The fourth-order valence-electron chi connectivity index (χ4n) is 1.68. The zero-order valence-electron chi connectivity index (χ0n) is 9.71. The van der Waals surface area contributed by atoms with Gasteiger partial charge in [-0.2, -0.15) is 0 Å². The molecule has 0 spiro atoms. The Kier molecular flexibility index (Phi) is 6.84.